The van der Waals surface area contributed by atoms with Crippen LogP contribution in [0.25, 0.3) is 0 Å². The van der Waals surface area contributed by atoms with E-state index in [1.54, 1.807) is 0 Å². The van der Waals surface area contributed by atoms with Gasteiger partial charge in [0.05, 0.1) is 10.6 Å². The molecule has 2 heterocycles. The minimum absolute atomic E-state index is 0.0346. The fourth-order valence-corrected chi connectivity index (χ4v) is 4.68. The number of ether oxygens (including phenoxy) is 1. The summed E-state index contributed by atoms with van der Waals surface area (Å²) in [7, 11) is -2.32. The molecule has 27 heavy (non-hydrogen) atoms. The normalized spacial score (nSPS) is 18.7. The Balaban J connectivity index is 1.98. The maximum Gasteiger partial charge on any atom is 0.331 e. The summed E-state index contributed by atoms with van der Waals surface area (Å²) in [6.07, 6.45) is 2.62. The monoisotopic (exact) mass is 392 g/mol. The minimum atomic E-state index is -3.70. The van der Waals surface area contributed by atoms with Crippen LogP contribution < -0.4 is 9.64 Å². The summed E-state index contributed by atoms with van der Waals surface area (Å²) >= 11 is 0. The molecule has 2 fully saturated rings. The van der Waals surface area contributed by atoms with E-state index in [1.165, 1.54) is 34.5 Å². The van der Waals surface area contributed by atoms with E-state index < -0.39 is 16.1 Å². The van der Waals surface area contributed by atoms with Gasteiger partial charge in [-0.05, 0) is 25.0 Å². The van der Waals surface area contributed by atoms with E-state index >= 15 is 0 Å². The predicted octanol–water partition coefficient (Wildman–Crippen LogP) is 1.16. The van der Waals surface area contributed by atoms with Crippen molar-refractivity contribution in [3.05, 3.63) is 18.2 Å². The molecule has 2 saturated heterocycles. The van der Waals surface area contributed by atoms with Crippen LogP contribution in [0.2, 0.25) is 0 Å². The lowest BCUT2D eigenvalue weighted by atomic mass is 10.2. The lowest BCUT2D eigenvalue weighted by Crippen LogP contribution is -2.35. The quantitative estimate of drug-likeness (QED) is 0.695. The van der Waals surface area contributed by atoms with Crippen molar-refractivity contribution >= 4 is 27.6 Å². The smallest absolute Gasteiger partial charge is 0.331 e. The standard InChI is InChI=1S/C17H20N4O5S/c1-19-16(22)12-21(17(19)23)14-6-5-13(11-15(14)26-10-7-18)27(24,25)20-8-3-2-4-9-20/h5-6,11H,2-4,8-10,12H2,1H3. The summed E-state index contributed by atoms with van der Waals surface area (Å²) < 4.78 is 32.6. The number of anilines is 1. The van der Waals surface area contributed by atoms with E-state index in [0.717, 1.165) is 24.2 Å². The van der Waals surface area contributed by atoms with Crippen molar-refractivity contribution < 1.29 is 22.7 Å². The average Bonchev–Trinajstić information content (AvgIpc) is 2.94. The van der Waals surface area contributed by atoms with Gasteiger partial charge in [-0.15, -0.1) is 0 Å². The molecule has 0 radical (unpaired) electrons. The summed E-state index contributed by atoms with van der Waals surface area (Å²) in [6.45, 7) is 0.438. The molecule has 0 spiro atoms. The molecular weight excluding hydrogens is 372 g/mol. The number of likely N-dealkylation sites (N-methyl/N-ethyl adjacent to an activating group) is 1. The van der Waals surface area contributed by atoms with Crippen LogP contribution in [0.3, 0.4) is 0 Å². The van der Waals surface area contributed by atoms with Gasteiger partial charge in [-0.3, -0.25) is 14.6 Å². The number of hydrogen-bond acceptors (Lipinski definition) is 6. The van der Waals surface area contributed by atoms with Gasteiger partial charge >= 0.3 is 6.03 Å². The van der Waals surface area contributed by atoms with Gasteiger partial charge in [-0.25, -0.2) is 13.2 Å². The molecule has 10 heteroatoms. The maximum absolute atomic E-state index is 12.9. The van der Waals surface area contributed by atoms with Crippen molar-refractivity contribution in [2.24, 2.45) is 0 Å². The summed E-state index contributed by atoms with van der Waals surface area (Å²) in [6, 6.07) is 5.44. The topological polar surface area (TPSA) is 111 Å². The minimum Gasteiger partial charge on any atom is -0.477 e. The molecule has 0 aromatic heterocycles. The largest absolute Gasteiger partial charge is 0.477 e. The summed E-state index contributed by atoms with van der Waals surface area (Å²) in [4.78, 5) is 26.3. The van der Waals surface area contributed by atoms with E-state index in [4.69, 9.17) is 10.00 Å². The van der Waals surface area contributed by atoms with Crippen molar-refractivity contribution in [1.82, 2.24) is 9.21 Å². The number of rotatable bonds is 5. The molecule has 2 aliphatic rings. The van der Waals surface area contributed by atoms with Crippen LogP contribution in [0.1, 0.15) is 19.3 Å². The highest BCUT2D eigenvalue weighted by atomic mass is 32.2. The molecule has 0 unspecified atom stereocenters. The molecular formula is C17H20N4O5S. The highest BCUT2D eigenvalue weighted by Crippen LogP contribution is 2.34. The van der Waals surface area contributed by atoms with Crippen molar-refractivity contribution in [2.45, 2.75) is 24.2 Å². The molecule has 144 valence electrons. The number of urea groups is 1. The molecule has 0 atom stereocenters. The number of amides is 3. The van der Waals surface area contributed by atoms with Crippen LogP contribution in [0.5, 0.6) is 5.75 Å². The van der Waals surface area contributed by atoms with Crippen LogP contribution in [0.4, 0.5) is 10.5 Å². The summed E-state index contributed by atoms with van der Waals surface area (Å²) in [5.74, 6) is -0.303. The number of hydrogen-bond donors (Lipinski definition) is 0. The Morgan fingerprint density at radius 1 is 1.19 bits per heavy atom. The highest BCUT2D eigenvalue weighted by Gasteiger charge is 2.36. The molecule has 0 saturated carbocycles. The van der Waals surface area contributed by atoms with Crippen molar-refractivity contribution in [3.8, 4) is 11.8 Å². The molecule has 3 amide bonds. The lowest BCUT2D eigenvalue weighted by Gasteiger charge is -2.26. The van der Waals surface area contributed by atoms with Crippen molar-refractivity contribution in [2.75, 3.05) is 38.2 Å². The van der Waals surface area contributed by atoms with Gasteiger partial charge in [0, 0.05) is 26.2 Å². The number of piperidine rings is 1. The molecule has 0 bridgehead atoms. The van der Waals surface area contributed by atoms with E-state index in [-0.39, 0.29) is 35.4 Å². The molecule has 0 aliphatic carbocycles. The van der Waals surface area contributed by atoms with E-state index in [0.29, 0.717) is 13.1 Å². The Kier molecular flexibility index (Phi) is 5.34. The zero-order chi connectivity index (χ0) is 19.6. The summed E-state index contributed by atoms with van der Waals surface area (Å²) in [5.41, 5.74) is 0.255. The zero-order valence-electron chi connectivity index (χ0n) is 14.9. The van der Waals surface area contributed by atoms with Crippen molar-refractivity contribution in [3.63, 3.8) is 0 Å². The van der Waals surface area contributed by atoms with E-state index in [2.05, 4.69) is 0 Å². The lowest BCUT2D eigenvalue weighted by molar-refractivity contribution is -0.123. The Morgan fingerprint density at radius 3 is 2.48 bits per heavy atom. The number of benzene rings is 1. The Bertz CT molecular complexity index is 902. The van der Waals surface area contributed by atoms with Gasteiger partial charge in [0.1, 0.15) is 18.4 Å². The molecule has 3 rings (SSSR count). The van der Waals surface area contributed by atoms with Gasteiger partial charge < -0.3 is 4.74 Å². The first-order valence-corrected chi connectivity index (χ1v) is 10.0. The number of nitrogens with zero attached hydrogens (tertiary/aromatic N) is 4. The van der Waals surface area contributed by atoms with Gasteiger partial charge in [-0.2, -0.15) is 9.57 Å². The zero-order valence-corrected chi connectivity index (χ0v) is 15.7. The van der Waals surface area contributed by atoms with Gasteiger partial charge in [-0.1, -0.05) is 6.42 Å². The fourth-order valence-electron chi connectivity index (χ4n) is 3.14. The number of carbonyl (C=O) groups is 2. The molecule has 1 aromatic carbocycles. The van der Waals surface area contributed by atoms with Gasteiger partial charge in [0.15, 0.2) is 6.61 Å². The van der Waals surface area contributed by atoms with Crippen LogP contribution in [-0.4, -0.2) is 62.9 Å². The third kappa shape index (κ3) is 3.61. The van der Waals surface area contributed by atoms with Crippen LogP contribution in [-0.2, 0) is 14.8 Å². The molecule has 9 nitrogen and oxygen atoms in total. The molecule has 1 aromatic rings. The second-order valence-corrected chi connectivity index (χ2v) is 8.30. The molecule has 2 aliphatic heterocycles. The second-order valence-electron chi connectivity index (χ2n) is 6.36. The number of carbonyl (C=O) groups excluding carboxylic acids is 2. The first-order chi connectivity index (χ1) is 12.9. The van der Waals surface area contributed by atoms with E-state index in [9.17, 15) is 18.0 Å². The Hall–Kier alpha value is -2.64. The fraction of sp³-hybridized carbons (Fsp3) is 0.471. The van der Waals surface area contributed by atoms with Crippen LogP contribution in [0, 0.1) is 11.3 Å². The van der Waals surface area contributed by atoms with Crippen LogP contribution in [0.15, 0.2) is 23.1 Å². The highest BCUT2D eigenvalue weighted by molar-refractivity contribution is 7.89. The average molecular weight is 392 g/mol. The third-order valence-electron chi connectivity index (χ3n) is 4.65. The second kappa shape index (κ2) is 7.54. The van der Waals surface area contributed by atoms with Crippen LogP contribution >= 0.6 is 0 Å². The Morgan fingerprint density at radius 2 is 1.89 bits per heavy atom. The number of nitriles is 1. The first-order valence-electron chi connectivity index (χ1n) is 8.58. The maximum atomic E-state index is 12.9. The third-order valence-corrected chi connectivity index (χ3v) is 6.55. The SMILES string of the molecule is CN1C(=O)CN(c2ccc(S(=O)(=O)N3CCCCC3)cc2OCC#N)C1=O. The number of imide groups is 1. The Labute approximate surface area is 157 Å². The molecule has 0 N–H and O–H groups in total. The first kappa shape index (κ1) is 19.1. The number of sulfonamides is 1. The van der Waals surface area contributed by atoms with Crippen molar-refractivity contribution in [1.29, 1.82) is 5.26 Å². The van der Waals surface area contributed by atoms with Gasteiger partial charge in [0.2, 0.25) is 15.9 Å². The van der Waals surface area contributed by atoms with Gasteiger partial charge in [0.25, 0.3) is 0 Å². The predicted molar refractivity (Wildman–Crippen MR) is 95.7 cm³/mol. The van der Waals surface area contributed by atoms with E-state index in [1.807, 2.05) is 6.07 Å². The summed E-state index contributed by atoms with van der Waals surface area (Å²) in [5, 5.41) is 8.81.